The van der Waals surface area contributed by atoms with Crippen LogP contribution in [0.4, 0.5) is 5.69 Å². The van der Waals surface area contributed by atoms with E-state index in [0.717, 1.165) is 38.9 Å². The molecule has 1 saturated heterocycles. The first-order chi connectivity index (χ1) is 14.0. The van der Waals surface area contributed by atoms with Gasteiger partial charge in [-0.05, 0) is 42.9 Å². The number of carbonyl (C=O) groups is 1. The molecule has 1 atom stereocenters. The average Bonchev–Trinajstić information content (AvgIpc) is 3.03. The van der Waals surface area contributed by atoms with E-state index in [1.165, 1.54) is 16.8 Å². The van der Waals surface area contributed by atoms with Crippen LogP contribution in [0.3, 0.4) is 0 Å². The highest BCUT2D eigenvalue weighted by Gasteiger charge is 2.39. The number of carbonyl (C=O) groups excluding carboxylic acids is 1. The third-order valence-corrected chi connectivity index (χ3v) is 6.63. The summed E-state index contributed by atoms with van der Waals surface area (Å²) < 4.78 is 0. The van der Waals surface area contributed by atoms with Gasteiger partial charge < -0.3 is 15.5 Å². The molecule has 2 aliphatic heterocycles. The minimum absolute atomic E-state index is 0.113. The highest BCUT2D eigenvalue weighted by atomic mass is 16.2. The van der Waals surface area contributed by atoms with Gasteiger partial charge in [0.05, 0.1) is 6.04 Å². The van der Waals surface area contributed by atoms with Gasteiger partial charge in [0.25, 0.3) is 0 Å². The van der Waals surface area contributed by atoms with Gasteiger partial charge in [0, 0.05) is 36.8 Å². The molecule has 154 valence electrons. The SMILES string of the molecule is CC1(C)CN(C2CCN(C(=O)[C@@H](N)CCc3ccccc3)CC2)c2ccccc21. The molecule has 2 heterocycles. The number of aryl methyl sites for hydroxylation is 1. The quantitative estimate of drug-likeness (QED) is 0.845. The second-order valence-electron chi connectivity index (χ2n) is 9.22. The van der Waals surface area contributed by atoms with Crippen LogP contribution in [0.2, 0.25) is 0 Å². The third kappa shape index (κ3) is 4.18. The van der Waals surface area contributed by atoms with Crippen LogP contribution >= 0.6 is 0 Å². The van der Waals surface area contributed by atoms with E-state index in [1.807, 2.05) is 23.1 Å². The Labute approximate surface area is 174 Å². The van der Waals surface area contributed by atoms with Crippen molar-refractivity contribution >= 4 is 11.6 Å². The zero-order valence-electron chi connectivity index (χ0n) is 17.7. The van der Waals surface area contributed by atoms with E-state index >= 15 is 0 Å². The van der Waals surface area contributed by atoms with E-state index in [4.69, 9.17) is 5.73 Å². The molecule has 0 radical (unpaired) electrons. The lowest BCUT2D eigenvalue weighted by atomic mass is 9.87. The summed E-state index contributed by atoms with van der Waals surface area (Å²) in [5.74, 6) is 0.113. The molecule has 0 unspecified atom stereocenters. The molecule has 2 aromatic rings. The van der Waals surface area contributed by atoms with Crippen LogP contribution in [0.15, 0.2) is 54.6 Å². The Morgan fingerprint density at radius 1 is 1.07 bits per heavy atom. The van der Waals surface area contributed by atoms with Crippen LogP contribution in [0.5, 0.6) is 0 Å². The van der Waals surface area contributed by atoms with E-state index in [9.17, 15) is 4.79 Å². The normalized spacial score (nSPS) is 19.8. The number of nitrogens with two attached hydrogens (primary N) is 1. The summed E-state index contributed by atoms with van der Waals surface area (Å²) in [6.07, 6.45) is 3.59. The maximum absolute atomic E-state index is 12.8. The van der Waals surface area contributed by atoms with Gasteiger partial charge in [-0.1, -0.05) is 62.4 Å². The van der Waals surface area contributed by atoms with Crippen LogP contribution < -0.4 is 10.6 Å². The summed E-state index contributed by atoms with van der Waals surface area (Å²) in [5, 5.41) is 0. The Kier molecular flexibility index (Phi) is 5.64. The molecule has 4 rings (SSSR count). The maximum Gasteiger partial charge on any atom is 0.239 e. The summed E-state index contributed by atoms with van der Waals surface area (Å²) in [4.78, 5) is 17.4. The van der Waals surface area contributed by atoms with Crippen LogP contribution in [-0.2, 0) is 16.6 Å². The van der Waals surface area contributed by atoms with E-state index in [0.29, 0.717) is 12.5 Å². The standard InChI is InChI=1S/C25H33N3O/c1-25(2)18-28(23-11-7-6-10-21(23)25)20-14-16-27(17-15-20)24(29)22(26)13-12-19-8-4-3-5-9-19/h3-11,20,22H,12-18,26H2,1-2H3/t22-/m0/s1. The molecule has 29 heavy (non-hydrogen) atoms. The van der Waals surface area contributed by atoms with Gasteiger partial charge in [-0.2, -0.15) is 0 Å². The van der Waals surface area contributed by atoms with Crippen molar-refractivity contribution in [3.05, 3.63) is 65.7 Å². The zero-order chi connectivity index (χ0) is 20.4. The number of likely N-dealkylation sites (tertiary alicyclic amines) is 1. The average molecular weight is 392 g/mol. The van der Waals surface area contributed by atoms with Crippen LogP contribution in [0, 0.1) is 0 Å². The topological polar surface area (TPSA) is 49.6 Å². The predicted molar refractivity (Wildman–Crippen MR) is 119 cm³/mol. The highest BCUT2D eigenvalue weighted by Crippen LogP contribution is 2.42. The van der Waals surface area contributed by atoms with Gasteiger partial charge in [0.1, 0.15) is 0 Å². The molecular formula is C25H33N3O. The van der Waals surface area contributed by atoms with Crippen molar-refractivity contribution in [1.29, 1.82) is 0 Å². The summed E-state index contributed by atoms with van der Waals surface area (Å²) in [5.41, 5.74) is 10.5. The second-order valence-corrected chi connectivity index (χ2v) is 9.22. The maximum atomic E-state index is 12.8. The molecule has 0 bridgehead atoms. The molecule has 0 spiro atoms. The first kappa shape index (κ1) is 20.0. The van der Waals surface area contributed by atoms with E-state index in [1.54, 1.807) is 0 Å². The molecule has 2 aliphatic rings. The summed E-state index contributed by atoms with van der Waals surface area (Å²) in [7, 11) is 0. The van der Waals surface area contributed by atoms with Crippen LogP contribution in [0.1, 0.15) is 44.2 Å². The number of benzene rings is 2. The Morgan fingerprint density at radius 2 is 1.72 bits per heavy atom. The molecule has 0 aromatic heterocycles. The van der Waals surface area contributed by atoms with Gasteiger partial charge in [-0.3, -0.25) is 4.79 Å². The minimum Gasteiger partial charge on any atom is -0.367 e. The molecule has 4 heteroatoms. The van der Waals surface area contributed by atoms with Crippen molar-refractivity contribution in [2.45, 2.75) is 57.0 Å². The molecule has 2 aromatic carbocycles. The number of rotatable bonds is 5. The lowest BCUT2D eigenvalue weighted by Gasteiger charge is -2.39. The van der Waals surface area contributed by atoms with Gasteiger partial charge >= 0.3 is 0 Å². The molecule has 2 N–H and O–H groups in total. The van der Waals surface area contributed by atoms with Crippen molar-refractivity contribution in [3.8, 4) is 0 Å². The predicted octanol–water partition coefficient (Wildman–Crippen LogP) is 3.74. The van der Waals surface area contributed by atoms with Gasteiger partial charge in [0.15, 0.2) is 0 Å². The second kappa shape index (κ2) is 8.19. The zero-order valence-corrected chi connectivity index (χ0v) is 17.7. The smallest absolute Gasteiger partial charge is 0.239 e. The first-order valence-electron chi connectivity index (χ1n) is 10.9. The van der Waals surface area contributed by atoms with Gasteiger partial charge in [0.2, 0.25) is 5.91 Å². The number of fused-ring (bicyclic) bond motifs is 1. The monoisotopic (exact) mass is 391 g/mol. The van der Waals surface area contributed by atoms with Crippen LogP contribution in [0.25, 0.3) is 0 Å². The number of hydrogen-bond acceptors (Lipinski definition) is 3. The van der Waals surface area contributed by atoms with E-state index < -0.39 is 6.04 Å². The van der Waals surface area contributed by atoms with E-state index in [2.05, 4.69) is 55.1 Å². The molecular weight excluding hydrogens is 358 g/mol. The fourth-order valence-electron chi connectivity index (χ4n) is 4.94. The summed E-state index contributed by atoms with van der Waals surface area (Å²) in [6.45, 7) is 7.33. The highest BCUT2D eigenvalue weighted by molar-refractivity contribution is 5.81. The molecule has 0 aliphatic carbocycles. The largest absolute Gasteiger partial charge is 0.367 e. The number of hydrogen-bond donors (Lipinski definition) is 1. The molecule has 1 fully saturated rings. The van der Waals surface area contributed by atoms with Crippen molar-refractivity contribution < 1.29 is 4.79 Å². The lowest BCUT2D eigenvalue weighted by Crippen LogP contribution is -2.51. The first-order valence-corrected chi connectivity index (χ1v) is 10.9. The summed E-state index contributed by atoms with van der Waals surface area (Å²) >= 11 is 0. The van der Waals surface area contributed by atoms with Gasteiger partial charge in [-0.25, -0.2) is 0 Å². The fourth-order valence-corrected chi connectivity index (χ4v) is 4.94. The Bertz CT molecular complexity index is 840. The van der Waals surface area contributed by atoms with Crippen molar-refractivity contribution in [2.24, 2.45) is 5.73 Å². The number of para-hydroxylation sites is 1. The van der Waals surface area contributed by atoms with Crippen molar-refractivity contribution in [3.63, 3.8) is 0 Å². The number of nitrogens with zero attached hydrogens (tertiary/aromatic N) is 2. The number of piperidine rings is 1. The Balaban J connectivity index is 1.32. The molecule has 1 amide bonds. The number of anilines is 1. The van der Waals surface area contributed by atoms with Crippen molar-refractivity contribution in [1.82, 2.24) is 4.90 Å². The van der Waals surface area contributed by atoms with Crippen molar-refractivity contribution in [2.75, 3.05) is 24.5 Å². The summed E-state index contributed by atoms with van der Waals surface area (Å²) in [6, 6.07) is 19.2. The molecule has 0 saturated carbocycles. The Morgan fingerprint density at radius 3 is 2.45 bits per heavy atom. The third-order valence-electron chi connectivity index (χ3n) is 6.63. The lowest BCUT2D eigenvalue weighted by molar-refractivity contribution is -0.133. The number of amides is 1. The van der Waals surface area contributed by atoms with E-state index in [-0.39, 0.29) is 11.3 Å². The Hall–Kier alpha value is -2.33. The fraction of sp³-hybridized carbons (Fsp3) is 0.480. The molecule has 4 nitrogen and oxygen atoms in total. The van der Waals surface area contributed by atoms with Gasteiger partial charge in [-0.15, -0.1) is 0 Å². The van der Waals surface area contributed by atoms with Crippen LogP contribution in [-0.4, -0.2) is 42.5 Å². The minimum atomic E-state index is -0.404.